The van der Waals surface area contributed by atoms with Crippen molar-refractivity contribution in [1.82, 2.24) is 4.98 Å². The molecule has 6 heteroatoms. The maximum Gasteiger partial charge on any atom is 0.260 e. The first-order valence-electron chi connectivity index (χ1n) is 13.9. The van der Waals surface area contributed by atoms with E-state index in [1.54, 1.807) is 6.20 Å². The summed E-state index contributed by atoms with van der Waals surface area (Å²) in [7, 11) is 0. The third kappa shape index (κ3) is 13.4. The van der Waals surface area contributed by atoms with Gasteiger partial charge in [0.15, 0.2) is 0 Å². The number of unbranched alkanes of at least 4 members (excludes halogenated alkanes) is 4. The van der Waals surface area contributed by atoms with E-state index in [-0.39, 0.29) is 12.2 Å². The predicted octanol–water partition coefficient (Wildman–Crippen LogP) is 7.00. The van der Waals surface area contributed by atoms with Gasteiger partial charge in [0.2, 0.25) is 0 Å². The van der Waals surface area contributed by atoms with E-state index >= 15 is 0 Å². The van der Waals surface area contributed by atoms with Crippen LogP contribution in [0.15, 0.2) is 69.9 Å². The van der Waals surface area contributed by atoms with Gasteiger partial charge in [-0.05, 0) is 68.2 Å². The number of rotatable bonds is 14. The number of allylic oxidation sites excluding steroid dienone is 9. The summed E-state index contributed by atoms with van der Waals surface area (Å²) in [5, 5.41) is 8.92. The summed E-state index contributed by atoms with van der Waals surface area (Å²) in [6.45, 7) is 11.4. The number of nitrogens with two attached hydrogens (primary N) is 1. The van der Waals surface area contributed by atoms with E-state index in [4.69, 9.17) is 15.6 Å². The smallest absolute Gasteiger partial charge is 0.260 e. The number of primary amides is 1. The van der Waals surface area contributed by atoms with Gasteiger partial charge in [0.25, 0.3) is 11.5 Å². The average Bonchev–Trinajstić information content (AvgIpc) is 3.11. The number of aliphatic hydroxyl groups is 1. The highest BCUT2D eigenvalue weighted by Crippen LogP contribution is 2.17. The van der Waals surface area contributed by atoms with Gasteiger partial charge in [0.1, 0.15) is 5.56 Å². The lowest BCUT2D eigenvalue weighted by Crippen LogP contribution is -2.23. The Morgan fingerprint density at radius 1 is 1.21 bits per heavy atom. The van der Waals surface area contributed by atoms with Crippen LogP contribution >= 0.6 is 0 Å². The minimum absolute atomic E-state index is 0.0378. The molecular formula is C32H48N2O4. The zero-order chi connectivity index (χ0) is 28.3. The van der Waals surface area contributed by atoms with Gasteiger partial charge in [-0.25, -0.2) is 0 Å². The third-order valence-electron chi connectivity index (χ3n) is 6.32. The van der Waals surface area contributed by atoms with E-state index in [1.165, 1.54) is 42.9 Å². The van der Waals surface area contributed by atoms with Crippen molar-refractivity contribution < 1.29 is 14.6 Å². The molecular weight excluding hydrogens is 476 g/mol. The molecule has 1 aromatic rings. The molecule has 0 spiro atoms. The fourth-order valence-electron chi connectivity index (χ4n) is 3.86. The van der Waals surface area contributed by atoms with Crippen LogP contribution in [-0.2, 0) is 4.74 Å². The minimum atomic E-state index is -0.731. The Bertz CT molecular complexity index is 1070. The van der Waals surface area contributed by atoms with Crippen molar-refractivity contribution in [1.29, 1.82) is 0 Å². The topological polar surface area (TPSA) is 105 Å². The van der Waals surface area contributed by atoms with Crippen LogP contribution in [-0.4, -0.2) is 29.2 Å². The Hall–Kier alpha value is -3.12. The quantitative estimate of drug-likeness (QED) is 0.138. The third-order valence-corrected chi connectivity index (χ3v) is 6.32. The van der Waals surface area contributed by atoms with Gasteiger partial charge in [-0.2, -0.15) is 0 Å². The molecule has 1 amide bonds. The fraction of sp³-hybridized carbons (Fsp3) is 0.500. The summed E-state index contributed by atoms with van der Waals surface area (Å²) in [4.78, 5) is 25.3. The summed E-state index contributed by atoms with van der Waals surface area (Å²) < 4.78 is 5.84. The predicted molar refractivity (Wildman–Crippen MR) is 159 cm³/mol. The first-order chi connectivity index (χ1) is 18.2. The largest absolute Gasteiger partial charge is 0.498 e. The Morgan fingerprint density at radius 3 is 2.61 bits per heavy atom. The summed E-state index contributed by atoms with van der Waals surface area (Å²) in [6.07, 6.45) is 22.9. The molecule has 0 aromatic carbocycles. The normalized spacial score (nSPS) is 14.6. The lowest BCUT2D eigenvalue weighted by molar-refractivity contribution is 0.0999. The van der Waals surface area contributed by atoms with Crippen LogP contribution in [0.3, 0.4) is 0 Å². The van der Waals surface area contributed by atoms with Crippen LogP contribution in [0.5, 0.6) is 0 Å². The molecule has 1 heterocycles. The molecule has 0 bridgehead atoms. The van der Waals surface area contributed by atoms with Crippen molar-refractivity contribution in [3.63, 3.8) is 0 Å². The monoisotopic (exact) mass is 524 g/mol. The number of aromatic nitrogens is 1. The number of carbonyl (C=O) groups excluding carboxylic acids is 1. The molecule has 6 nitrogen and oxygen atoms in total. The lowest BCUT2D eigenvalue weighted by atomic mass is 10.0. The van der Waals surface area contributed by atoms with Gasteiger partial charge < -0.3 is 20.6 Å². The standard InChI is InChI=1S/C20H30N2O3.C12H18O/c1-4-6-7-8-9-12-25-15(3)17(5-2)11-10-16-13-18(19(21)23)20(24)22-14-16;1-10-4-3-5-12(7-6-10)8-11(2)9-13/h10-11,13-14H,4-9,12H2,1-3H3,(H2,21,23)(H,22,24);3,5-7,11,13H,4,8-9H2,1-2H3/b11-10-,17-15+;. The second-order valence-electron chi connectivity index (χ2n) is 9.92. The Morgan fingerprint density at radius 2 is 1.95 bits per heavy atom. The van der Waals surface area contributed by atoms with Crippen molar-refractivity contribution in [2.75, 3.05) is 13.2 Å². The van der Waals surface area contributed by atoms with Gasteiger partial charge in [0, 0.05) is 12.8 Å². The number of aromatic amines is 1. The highest BCUT2D eigenvalue weighted by Gasteiger charge is 2.06. The first-order valence-corrected chi connectivity index (χ1v) is 13.9. The number of pyridine rings is 1. The molecule has 2 rings (SSSR count). The summed E-state index contributed by atoms with van der Waals surface area (Å²) in [5.74, 6) is 0.543. The van der Waals surface area contributed by atoms with Gasteiger partial charge in [-0.3, -0.25) is 9.59 Å². The summed E-state index contributed by atoms with van der Waals surface area (Å²) in [6, 6.07) is 1.49. The number of ether oxygens (including phenoxy) is 1. The summed E-state index contributed by atoms with van der Waals surface area (Å²) in [5.41, 5.74) is 9.20. The molecule has 1 aromatic heterocycles. The zero-order valence-corrected chi connectivity index (χ0v) is 24.0. The lowest BCUT2D eigenvalue weighted by Gasteiger charge is -2.10. The second-order valence-corrected chi connectivity index (χ2v) is 9.92. The highest BCUT2D eigenvalue weighted by atomic mass is 16.5. The number of hydrogen-bond acceptors (Lipinski definition) is 4. The fourth-order valence-corrected chi connectivity index (χ4v) is 3.86. The number of aliphatic hydroxyl groups excluding tert-OH is 1. The molecule has 4 N–H and O–H groups in total. The molecule has 0 aliphatic heterocycles. The van der Waals surface area contributed by atoms with Crippen LogP contribution in [0.25, 0.3) is 6.08 Å². The van der Waals surface area contributed by atoms with Crippen molar-refractivity contribution in [2.45, 2.75) is 86.0 Å². The van der Waals surface area contributed by atoms with Gasteiger partial charge in [-0.1, -0.05) is 88.5 Å². The Labute approximate surface area is 229 Å². The number of amides is 1. The SMILES string of the molecule is CC1=CC=C(CC(C)CO)C=CC1.CCCCCCCO/C(C)=C(/C=C\c1c[nH]c(=O)c(C(N)=O)c1)CC. The van der Waals surface area contributed by atoms with E-state index in [0.29, 0.717) is 11.5 Å². The maximum atomic E-state index is 11.5. The molecule has 1 unspecified atom stereocenters. The van der Waals surface area contributed by atoms with Crippen LogP contribution < -0.4 is 11.3 Å². The molecule has 0 fully saturated rings. The molecule has 0 saturated carbocycles. The van der Waals surface area contributed by atoms with E-state index < -0.39 is 11.5 Å². The minimum Gasteiger partial charge on any atom is -0.498 e. The number of H-pyrrole nitrogens is 1. The Kier molecular flexibility index (Phi) is 16.5. The van der Waals surface area contributed by atoms with Crippen LogP contribution in [0.2, 0.25) is 0 Å². The van der Waals surface area contributed by atoms with E-state index in [2.05, 4.69) is 57.0 Å². The van der Waals surface area contributed by atoms with Crippen molar-refractivity contribution in [3.8, 4) is 0 Å². The molecule has 1 aliphatic rings. The highest BCUT2D eigenvalue weighted by molar-refractivity contribution is 5.92. The van der Waals surface area contributed by atoms with E-state index in [1.807, 2.05) is 19.1 Å². The molecule has 1 atom stereocenters. The molecule has 210 valence electrons. The molecule has 1 aliphatic carbocycles. The molecule has 0 saturated heterocycles. The average molecular weight is 525 g/mol. The van der Waals surface area contributed by atoms with Crippen LogP contribution in [0, 0.1) is 5.92 Å². The zero-order valence-electron chi connectivity index (χ0n) is 24.0. The molecule has 38 heavy (non-hydrogen) atoms. The first kappa shape index (κ1) is 32.9. The van der Waals surface area contributed by atoms with Crippen LogP contribution in [0.1, 0.15) is 102 Å². The van der Waals surface area contributed by atoms with Gasteiger partial charge in [-0.15, -0.1) is 0 Å². The second kappa shape index (κ2) is 19.0. The van der Waals surface area contributed by atoms with E-state index in [0.717, 1.165) is 43.6 Å². The number of hydrogen-bond donors (Lipinski definition) is 3. The maximum absolute atomic E-state index is 11.5. The number of nitrogens with one attached hydrogen (secondary N) is 1. The van der Waals surface area contributed by atoms with Crippen molar-refractivity contribution >= 4 is 12.0 Å². The van der Waals surface area contributed by atoms with E-state index in [9.17, 15) is 9.59 Å². The van der Waals surface area contributed by atoms with Gasteiger partial charge in [0.05, 0.1) is 12.4 Å². The van der Waals surface area contributed by atoms with Crippen molar-refractivity contribution in [3.05, 3.63) is 86.6 Å². The van der Waals surface area contributed by atoms with Crippen LogP contribution in [0.4, 0.5) is 0 Å². The van der Waals surface area contributed by atoms with Crippen molar-refractivity contribution in [2.24, 2.45) is 11.7 Å². The number of carbonyl (C=O) groups is 1. The van der Waals surface area contributed by atoms with Gasteiger partial charge >= 0.3 is 0 Å². The molecule has 0 radical (unpaired) electrons. The Balaban J connectivity index is 0.000000464. The summed E-state index contributed by atoms with van der Waals surface area (Å²) >= 11 is 0.